The van der Waals surface area contributed by atoms with Gasteiger partial charge in [-0.2, -0.15) is 9.97 Å². The molecular formula is C17H29N7. The molecule has 3 N–H and O–H groups in total. The monoisotopic (exact) mass is 331 g/mol. The molecule has 132 valence electrons. The third-order valence-electron chi connectivity index (χ3n) is 3.77. The van der Waals surface area contributed by atoms with Gasteiger partial charge in [0.25, 0.3) is 0 Å². The van der Waals surface area contributed by atoms with E-state index >= 15 is 0 Å². The molecule has 2 rings (SSSR count). The second-order valence-electron chi connectivity index (χ2n) is 6.99. The van der Waals surface area contributed by atoms with E-state index < -0.39 is 0 Å². The lowest BCUT2D eigenvalue weighted by atomic mass is 10.0. The summed E-state index contributed by atoms with van der Waals surface area (Å²) in [7, 11) is 4.12. The normalized spacial score (nSPS) is 11.9. The molecule has 0 radical (unpaired) electrons. The fourth-order valence-corrected chi connectivity index (χ4v) is 2.56. The second kappa shape index (κ2) is 7.70. The molecule has 0 bridgehead atoms. The number of aromatic nitrogens is 4. The number of nitrogens with two attached hydrogens (primary N) is 1. The van der Waals surface area contributed by atoms with E-state index in [1.165, 1.54) is 0 Å². The summed E-state index contributed by atoms with van der Waals surface area (Å²) in [5, 5.41) is 3.34. The van der Waals surface area contributed by atoms with Gasteiger partial charge in [-0.3, -0.25) is 0 Å². The molecule has 0 aliphatic heterocycles. The van der Waals surface area contributed by atoms with Crippen molar-refractivity contribution in [3.63, 3.8) is 0 Å². The molecule has 0 spiro atoms. The molecule has 2 heterocycles. The number of nitrogens with zero attached hydrogens (tertiary/aromatic N) is 5. The maximum absolute atomic E-state index is 5.86. The Morgan fingerprint density at radius 2 is 1.58 bits per heavy atom. The van der Waals surface area contributed by atoms with E-state index in [9.17, 15) is 0 Å². The quantitative estimate of drug-likeness (QED) is 0.753. The molecule has 0 aromatic carbocycles. The summed E-state index contributed by atoms with van der Waals surface area (Å²) in [4.78, 5) is 20.3. The van der Waals surface area contributed by atoms with E-state index in [4.69, 9.17) is 15.7 Å². The first-order valence-electron chi connectivity index (χ1n) is 8.53. The van der Waals surface area contributed by atoms with Gasteiger partial charge in [-0.25, -0.2) is 9.97 Å². The van der Waals surface area contributed by atoms with Crippen LogP contribution >= 0.6 is 0 Å². The van der Waals surface area contributed by atoms with Crippen molar-refractivity contribution in [1.29, 1.82) is 0 Å². The molecule has 0 aliphatic rings. The van der Waals surface area contributed by atoms with Crippen LogP contribution in [0.3, 0.4) is 0 Å². The van der Waals surface area contributed by atoms with Gasteiger partial charge in [0.2, 0.25) is 5.95 Å². The summed E-state index contributed by atoms with van der Waals surface area (Å²) in [5.41, 5.74) is 9.10. The average molecular weight is 331 g/mol. The zero-order valence-electron chi connectivity index (χ0n) is 15.6. The minimum Gasteiger partial charge on any atom is -0.368 e. The Morgan fingerprint density at radius 3 is 2.17 bits per heavy atom. The largest absolute Gasteiger partial charge is 0.368 e. The van der Waals surface area contributed by atoms with Crippen LogP contribution in [0.15, 0.2) is 0 Å². The molecule has 0 aliphatic carbocycles. The Morgan fingerprint density at radius 1 is 0.958 bits per heavy atom. The lowest BCUT2D eigenvalue weighted by Crippen LogP contribution is -2.17. The fraction of sp³-hybridized carbons (Fsp3) is 0.647. The zero-order valence-corrected chi connectivity index (χ0v) is 15.6. The summed E-state index contributed by atoms with van der Waals surface area (Å²) in [6, 6.07) is 0. The highest BCUT2D eigenvalue weighted by Crippen LogP contribution is 2.27. The van der Waals surface area contributed by atoms with Crippen LogP contribution in [0.1, 0.15) is 57.3 Å². The third kappa shape index (κ3) is 4.29. The molecule has 0 fully saturated rings. The van der Waals surface area contributed by atoms with Crippen molar-refractivity contribution in [2.45, 2.75) is 46.0 Å². The Bertz CT molecular complexity index is 695. The van der Waals surface area contributed by atoms with E-state index in [1.54, 1.807) is 0 Å². The third-order valence-corrected chi connectivity index (χ3v) is 3.77. The van der Waals surface area contributed by atoms with E-state index in [1.807, 2.05) is 0 Å². The minimum atomic E-state index is 0.221. The predicted molar refractivity (Wildman–Crippen MR) is 99.4 cm³/mol. The maximum atomic E-state index is 5.86. The molecule has 0 saturated carbocycles. The smallest absolute Gasteiger partial charge is 0.224 e. The molecule has 24 heavy (non-hydrogen) atoms. The number of fused-ring (bicyclic) bond motifs is 1. The van der Waals surface area contributed by atoms with Crippen LogP contribution in [0.4, 0.5) is 11.8 Å². The van der Waals surface area contributed by atoms with E-state index in [-0.39, 0.29) is 11.9 Å². The van der Waals surface area contributed by atoms with Crippen molar-refractivity contribution in [3.8, 4) is 0 Å². The number of hydrogen-bond acceptors (Lipinski definition) is 7. The van der Waals surface area contributed by atoms with Gasteiger partial charge in [0.05, 0.1) is 11.4 Å². The molecule has 2 aromatic heterocycles. The second-order valence-corrected chi connectivity index (χ2v) is 6.99. The van der Waals surface area contributed by atoms with Crippen LogP contribution < -0.4 is 11.1 Å². The van der Waals surface area contributed by atoms with E-state index in [2.05, 4.69) is 62.0 Å². The molecule has 7 nitrogen and oxygen atoms in total. The predicted octanol–water partition coefficient (Wildman–Crippen LogP) is 2.61. The number of nitrogen functional groups attached to an aromatic ring is 1. The van der Waals surface area contributed by atoms with Gasteiger partial charge in [-0.1, -0.05) is 27.7 Å². The first-order valence-corrected chi connectivity index (χ1v) is 8.53. The first-order chi connectivity index (χ1) is 11.3. The van der Waals surface area contributed by atoms with Crippen molar-refractivity contribution in [2.75, 3.05) is 38.2 Å². The van der Waals surface area contributed by atoms with Crippen LogP contribution in [0.25, 0.3) is 11.2 Å². The van der Waals surface area contributed by atoms with Gasteiger partial charge in [-0.15, -0.1) is 0 Å². The summed E-state index contributed by atoms with van der Waals surface area (Å²) in [6.45, 7) is 10.3. The van der Waals surface area contributed by atoms with Crippen molar-refractivity contribution < 1.29 is 0 Å². The number of rotatable bonds is 7. The van der Waals surface area contributed by atoms with Gasteiger partial charge in [0, 0.05) is 6.54 Å². The van der Waals surface area contributed by atoms with Crippen LogP contribution in [-0.2, 0) is 0 Å². The van der Waals surface area contributed by atoms with Gasteiger partial charge in [-0.05, 0) is 38.9 Å². The Labute approximate surface area is 144 Å². The number of hydrogen-bond donors (Lipinski definition) is 2. The van der Waals surface area contributed by atoms with Crippen molar-refractivity contribution in [1.82, 2.24) is 24.8 Å². The average Bonchev–Trinajstić information content (AvgIpc) is 2.49. The lowest BCUT2D eigenvalue weighted by Gasteiger charge is -2.16. The fourth-order valence-electron chi connectivity index (χ4n) is 2.56. The highest BCUT2D eigenvalue weighted by Gasteiger charge is 2.18. The molecular weight excluding hydrogens is 302 g/mol. The van der Waals surface area contributed by atoms with E-state index in [0.717, 1.165) is 30.9 Å². The van der Waals surface area contributed by atoms with Crippen molar-refractivity contribution in [3.05, 3.63) is 11.4 Å². The van der Waals surface area contributed by atoms with Gasteiger partial charge < -0.3 is 16.0 Å². The molecule has 0 saturated heterocycles. The Kier molecular flexibility index (Phi) is 5.88. The molecule has 2 aromatic rings. The SMILES string of the molecule is CC(C)c1nc2nc(N)nc(NCCCN(C)C)c2nc1C(C)C. The first kappa shape index (κ1) is 18.3. The topological polar surface area (TPSA) is 92.8 Å². The molecule has 0 atom stereocenters. The van der Waals surface area contributed by atoms with E-state index in [0.29, 0.717) is 22.9 Å². The van der Waals surface area contributed by atoms with Crippen LogP contribution in [-0.4, -0.2) is 52.0 Å². The molecule has 0 amide bonds. The van der Waals surface area contributed by atoms with Crippen LogP contribution in [0, 0.1) is 0 Å². The Balaban J connectivity index is 2.42. The Hall–Kier alpha value is -2.02. The van der Waals surface area contributed by atoms with Crippen LogP contribution in [0.2, 0.25) is 0 Å². The summed E-state index contributed by atoms with van der Waals surface area (Å²) in [5.74, 6) is 1.46. The number of anilines is 2. The van der Waals surface area contributed by atoms with Crippen molar-refractivity contribution >= 4 is 22.9 Å². The highest BCUT2D eigenvalue weighted by molar-refractivity contribution is 5.83. The summed E-state index contributed by atoms with van der Waals surface area (Å²) < 4.78 is 0. The maximum Gasteiger partial charge on any atom is 0.224 e. The van der Waals surface area contributed by atoms with Gasteiger partial charge >= 0.3 is 0 Å². The zero-order chi connectivity index (χ0) is 17.9. The standard InChI is InChI=1S/C17H29N7/c1-10(2)12-13(11(3)4)21-16-14(20-12)15(22-17(18)23-16)19-8-7-9-24(5)6/h10-11H,7-9H2,1-6H3,(H3,18,19,21,22,23). The highest BCUT2D eigenvalue weighted by atomic mass is 15.1. The van der Waals surface area contributed by atoms with Gasteiger partial charge in [0.15, 0.2) is 17.0 Å². The summed E-state index contributed by atoms with van der Waals surface area (Å²) >= 11 is 0. The van der Waals surface area contributed by atoms with Crippen molar-refractivity contribution in [2.24, 2.45) is 0 Å². The van der Waals surface area contributed by atoms with Crippen LogP contribution in [0.5, 0.6) is 0 Å². The number of nitrogens with one attached hydrogen (secondary N) is 1. The minimum absolute atomic E-state index is 0.221. The summed E-state index contributed by atoms with van der Waals surface area (Å²) in [6.07, 6.45) is 1.01. The van der Waals surface area contributed by atoms with Gasteiger partial charge in [0.1, 0.15) is 0 Å². The molecule has 0 unspecified atom stereocenters. The molecule has 7 heteroatoms. The lowest BCUT2D eigenvalue weighted by molar-refractivity contribution is 0.405.